The van der Waals surface area contributed by atoms with Gasteiger partial charge >= 0.3 is 0 Å². The van der Waals surface area contributed by atoms with Crippen LogP contribution in [0.2, 0.25) is 0 Å². The number of hydrogen-bond donors (Lipinski definition) is 1. The van der Waals surface area contributed by atoms with Gasteiger partial charge < -0.3 is 10.2 Å². The number of rotatable bonds is 3. The quantitative estimate of drug-likeness (QED) is 0.873. The first-order valence-electron chi connectivity index (χ1n) is 6.14. The van der Waals surface area contributed by atoms with Gasteiger partial charge in [-0.1, -0.05) is 19.4 Å². The van der Waals surface area contributed by atoms with E-state index in [0.29, 0.717) is 11.7 Å². The minimum atomic E-state index is -0.770. The second kappa shape index (κ2) is 5.45. The molecule has 1 unspecified atom stereocenters. The summed E-state index contributed by atoms with van der Waals surface area (Å²) in [5.74, 6) is -1.50. The van der Waals surface area contributed by atoms with Crippen LogP contribution < -0.4 is 10.2 Å². The first kappa shape index (κ1) is 12.3. The Kier molecular flexibility index (Phi) is 3.94. The summed E-state index contributed by atoms with van der Waals surface area (Å²) in [4.78, 5) is 1.93. The standard InChI is InChI=1S/C13H18F2N2/c1-2-4-10-9-17(8-7-16-10)12-6-3-5-11(14)13(12)15/h3,5-6,10,16H,2,4,7-9H2,1H3. The maximum Gasteiger partial charge on any atom is 0.182 e. The zero-order valence-electron chi connectivity index (χ0n) is 10.0. The molecule has 4 heteroatoms. The number of nitrogens with one attached hydrogen (secondary N) is 1. The van der Waals surface area contributed by atoms with E-state index < -0.39 is 11.6 Å². The van der Waals surface area contributed by atoms with Crippen LogP contribution in [-0.2, 0) is 0 Å². The van der Waals surface area contributed by atoms with Gasteiger partial charge in [-0.05, 0) is 18.6 Å². The number of halogens is 2. The number of benzene rings is 1. The molecule has 0 bridgehead atoms. The lowest BCUT2D eigenvalue weighted by Crippen LogP contribution is -2.51. The Morgan fingerprint density at radius 1 is 1.41 bits per heavy atom. The molecule has 17 heavy (non-hydrogen) atoms. The fourth-order valence-electron chi connectivity index (χ4n) is 2.32. The van der Waals surface area contributed by atoms with E-state index in [9.17, 15) is 8.78 Å². The van der Waals surface area contributed by atoms with Gasteiger partial charge in [-0.3, -0.25) is 0 Å². The summed E-state index contributed by atoms with van der Waals surface area (Å²) >= 11 is 0. The van der Waals surface area contributed by atoms with Crippen LogP contribution in [0.1, 0.15) is 19.8 Å². The molecule has 1 heterocycles. The van der Waals surface area contributed by atoms with Gasteiger partial charge in [0.2, 0.25) is 0 Å². The highest BCUT2D eigenvalue weighted by Gasteiger charge is 2.21. The molecule has 1 N–H and O–H groups in total. The van der Waals surface area contributed by atoms with Crippen molar-refractivity contribution >= 4 is 5.69 Å². The molecule has 1 aliphatic rings. The van der Waals surface area contributed by atoms with E-state index in [4.69, 9.17) is 0 Å². The van der Waals surface area contributed by atoms with E-state index in [1.807, 2.05) is 4.90 Å². The lowest BCUT2D eigenvalue weighted by atomic mass is 10.1. The Labute approximate surface area is 101 Å². The Morgan fingerprint density at radius 2 is 2.24 bits per heavy atom. The monoisotopic (exact) mass is 240 g/mol. The fourth-order valence-corrected chi connectivity index (χ4v) is 2.32. The van der Waals surface area contributed by atoms with Crippen molar-refractivity contribution in [3.05, 3.63) is 29.8 Å². The van der Waals surface area contributed by atoms with Crippen molar-refractivity contribution in [1.82, 2.24) is 5.32 Å². The molecular weight excluding hydrogens is 222 g/mol. The second-order valence-corrected chi connectivity index (χ2v) is 4.46. The number of anilines is 1. The van der Waals surface area contributed by atoms with E-state index in [-0.39, 0.29) is 0 Å². The van der Waals surface area contributed by atoms with Crippen LogP contribution >= 0.6 is 0 Å². The molecule has 1 atom stereocenters. The van der Waals surface area contributed by atoms with Crippen LogP contribution in [0.25, 0.3) is 0 Å². The van der Waals surface area contributed by atoms with Gasteiger partial charge in [-0.2, -0.15) is 0 Å². The Hall–Kier alpha value is -1.16. The van der Waals surface area contributed by atoms with E-state index in [1.54, 1.807) is 12.1 Å². The molecule has 1 fully saturated rings. The maximum atomic E-state index is 13.7. The summed E-state index contributed by atoms with van der Waals surface area (Å²) in [6.45, 7) is 4.42. The van der Waals surface area contributed by atoms with Crippen LogP contribution in [0, 0.1) is 11.6 Å². The van der Waals surface area contributed by atoms with E-state index in [0.717, 1.165) is 38.5 Å². The average Bonchev–Trinajstić information content (AvgIpc) is 2.33. The van der Waals surface area contributed by atoms with Crippen LogP contribution in [0.5, 0.6) is 0 Å². The van der Waals surface area contributed by atoms with Crippen LogP contribution in [0.3, 0.4) is 0 Å². The highest BCUT2D eigenvalue weighted by Crippen LogP contribution is 2.23. The Balaban J connectivity index is 2.13. The van der Waals surface area contributed by atoms with Crippen molar-refractivity contribution in [3.8, 4) is 0 Å². The molecule has 0 radical (unpaired) electrons. The van der Waals surface area contributed by atoms with Gasteiger partial charge in [0, 0.05) is 25.7 Å². The van der Waals surface area contributed by atoms with Gasteiger partial charge in [-0.25, -0.2) is 8.78 Å². The van der Waals surface area contributed by atoms with Gasteiger partial charge in [0.05, 0.1) is 5.69 Å². The molecule has 1 aliphatic heterocycles. The van der Waals surface area contributed by atoms with Gasteiger partial charge in [0.1, 0.15) is 0 Å². The summed E-state index contributed by atoms with van der Waals surface area (Å²) in [6.07, 6.45) is 2.16. The molecule has 0 amide bonds. The molecule has 1 saturated heterocycles. The largest absolute Gasteiger partial charge is 0.366 e. The Bertz CT molecular complexity index is 380. The van der Waals surface area contributed by atoms with Gasteiger partial charge in [-0.15, -0.1) is 0 Å². The molecule has 1 aromatic rings. The lowest BCUT2D eigenvalue weighted by molar-refractivity contribution is 0.424. The lowest BCUT2D eigenvalue weighted by Gasteiger charge is -2.35. The second-order valence-electron chi connectivity index (χ2n) is 4.46. The fraction of sp³-hybridized carbons (Fsp3) is 0.538. The first-order valence-corrected chi connectivity index (χ1v) is 6.14. The van der Waals surface area contributed by atoms with E-state index in [1.165, 1.54) is 0 Å². The van der Waals surface area contributed by atoms with E-state index >= 15 is 0 Å². The van der Waals surface area contributed by atoms with Crippen molar-refractivity contribution in [2.24, 2.45) is 0 Å². The Morgan fingerprint density at radius 3 is 3.00 bits per heavy atom. The molecule has 0 saturated carbocycles. The normalized spacial score (nSPS) is 20.6. The minimum Gasteiger partial charge on any atom is -0.366 e. The zero-order chi connectivity index (χ0) is 12.3. The number of nitrogens with zero attached hydrogens (tertiary/aromatic N) is 1. The smallest absolute Gasteiger partial charge is 0.182 e. The average molecular weight is 240 g/mol. The molecule has 0 aliphatic carbocycles. The highest BCUT2D eigenvalue weighted by atomic mass is 19.2. The third-order valence-corrected chi connectivity index (χ3v) is 3.16. The molecule has 0 spiro atoms. The number of hydrogen-bond acceptors (Lipinski definition) is 2. The summed E-state index contributed by atoms with van der Waals surface area (Å²) in [5.41, 5.74) is 0.382. The highest BCUT2D eigenvalue weighted by molar-refractivity contribution is 5.48. The third-order valence-electron chi connectivity index (χ3n) is 3.16. The zero-order valence-corrected chi connectivity index (χ0v) is 10.0. The summed E-state index contributed by atoms with van der Waals surface area (Å²) in [5, 5.41) is 3.40. The van der Waals surface area contributed by atoms with E-state index in [2.05, 4.69) is 12.2 Å². The SMILES string of the molecule is CCCC1CN(c2cccc(F)c2F)CCN1. The number of piperazine rings is 1. The van der Waals surface area contributed by atoms with Crippen LogP contribution in [0.15, 0.2) is 18.2 Å². The predicted molar refractivity (Wildman–Crippen MR) is 65.3 cm³/mol. The van der Waals surface area contributed by atoms with Crippen LogP contribution in [-0.4, -0.2) is 25.7 Å². The predicted octanol–water partition coefficient (Wildman–Crippen LogP) is 2.54. The minimum absolute atomic E-state index is 0.372. The third kappa shape index (κ3) is 2.75. The van der Waals surface area contributed by atoms with Crippen LogP contribution in [0.4, 0.5) is 14.5 Å². The van der Waals surface area contributed by atoms with Gasteiger partial charge in [0.25, 0.3) is 0 Å². The first-order chi connectivity index (χ1) is 8.22. The van der Waals surface area contributed by atoms with Gasteiger partial charge in [0.15, 0.2) is 11.6 Å². The molecule has 94 valence electrons. The molecule has 1 aromatic carbocycles. The summed E-state index contributed by atoms with van der Waals surface area (Å²) in [6, 6.07) is 4.73. The maximum absolute atomic E-state index is 13.7. The van der Waals surface area contributed by atoms with Crippen molar-refractivity contribution < 1.29 is 8.78 Å². The van der Waals surface area contributed by atoms with Crippen molar-refractivity contribution in [3.63, 3.8) is 0 Å². The van der Waals surface area contributed by atoms with Crippen molar-refractivity contribution in [2.45, 2.75) is 25.8 Å². The summed E-state index contributed by atoms with van der Waals surface area (Å²) in [7, 11) is 0. The topological polar surface area (TPSA) is 15.3 Å². The molecule has 2 rings (SSSR count). The molecular formula is C13H18F2N2. The van der Waals surface area contributed by atoms with Crippen molar-refractivity contribution in [2.75, 3.05) is 24.5 Å². The summed E-state index contributed by atoms with van der Waals surface area (Å²) < 4.78 is 26.8. The van der Waals surface area contributed by atoms with Crippen molar-refractivity contribution in [1.29, 1.82) is 0 Å². The molecule has 2 nitrogen and oxygen atoms in total. The molecule has 0 aromatic heterocycles.